The maximum atomic E-state index is 11.7. The first-order valence-electron chi connectivity index (χ1n) is 4.27. The summed E-state index contributed by atoms with van der Waals surface area (Å²) in [5.74, 6) is 1.05. The molecule has 0 fully saturated rings. The van der Waals surface area contributed by atoms with Crippen molar-refractivity contribution in [3.8, 4) is 11.5 Å². The summed E-state index contributed by atoms with van der Waals surface area (Å²) < 4.78 is 23.2. The zero-order valence-electron chi connectivity index (χ0n) is 8.81. The molecule has 1 rings (SSSR count). The van der Waals surface area contributed by atoms with Crippen LogP contribution in [0, 0.1) is 0 Å². The van der Waals surface area contributed by atoms with Gasteiger partial charge in [0.1, 0.15) is 11.5 Å². The third-order valence-electron chi connectivity index (χ3n) is 1.74. The lowest BCUT2D eigenvalue weighted by molar-refractivity contribution is 0.408. The van der Waals surface area contributed by atoms with Crippen LogP contribution in [-0.2, 0) is 4.57 Å². The van der Waals surface area contributed by atoms with Gasteiger partial charge in [0, 0.05) is 17.3 Å². The lowest BCUT2D eigenvalue weighted by Crippen LogP contribution is -2.08. The highest BCUT2D eigenvalue weighted by Gasteiger charge is 2.24. The molecule has 0 radical (unpaired) electrons. The molecular formula is C9H13ClNO3P. The van der Waals surface area contributed by atoms with Gasteiger partial charge < -0.3 is 9.26 Å². The molecule has 6 heteroatoms. The third-order valence-corrected chi connectivity index (χ3v) is 4.24. The van der Waals surface area contributed by atoms with Gasteiger partial charge in [0.2, 0.25) is 0 Å². The van der Waals surface area contributed by atoms with Crippen LogP contribution in [0.5, 0.6) is 11.5 Å². The lowest BCUT2D eigenvalue weighted by Gasteiger charge is -2.18. The maximum Gasteiger partial charge on any atom is 0.411 e. The van der Waals surface area contributed by atoms with E-state index in [1.807, 2.05) is 0 Å². The Morgan fingerprint density at radius 2 is 1.93 bits per heavy atom. The summed E-state index contributed by atoms with van der Waals surface area (Å²) in [5.41, 5.74) is 0. The third kappa shape index (κ3) is 3.42. The van der Waals surface area contributed by atoms with Gasteiger partial charge in [0.05, 0.1) is 7.11 Å². The predicted octanol–water partition coefficient (Wildman–Crippen LogP) is 2.98. The van der Waals surface area contributed by atoms with Crippen LogP contribution in [0.2, 0.25) is 0 Å². The Morgan fingerprint density at radius 1 is 1.33 bits per heavy atom. The van der Waals surface area contributed by atoms with Crippen molar-refractivity contribution >= 4 is 18.1 Å². The van der Waals surface area contributed by atoms with Crippen LogP contribution in [0.1, 0.15) is 0 Å². The lowest BCUT2D eigenvalue weighted by atomic mass is 10.3. The van der Waals surface area contributed by atoms with Gasteiger partial charge in [-0.1, -0.05) is 6.07 Å². The van der Waals surface area contributed by atoms with Crippen molar-refractivity contribution < 1.29 is 13.8 Å². The van der Waals surface area contributed by atoms with Crippen molar-refractivity contribution in [2.45, 2.75) is 0 Å². The van der Waals surface area contributed by atoms with E-state index in [4.69, 9.17) is 20.5 Å². The Kier molecular flexibility index (Phi) is 4.03. The van der Waals surface area contributed by atoms with Crippen molar-refractivity contribution in [2.24, 2.45) is 0 Å². The molecule has 0 bridgehead atoms. The first-order chi connectivity index (χ1) is 6.95. The van der Waals surface area contributed by atoms with E-state index in [0.29, 0.717) is 11.5 Å². The van der Waals surface area contributed by atoms with E-state index in [9.17, 15) is 4.57 Å². The van der Waals surface area contributed by atoms with Crippen LogP contribution in [0.3, 0.4) is 0 Å². The Balaban J connectivity index is 2.85. The molecule has 0 saturated heterocycles. The zero-order chi connectivity index (χ0) is 11.5. The van der Waals surface area contributed by atoms with Crippen LogP contribution in [0.4, 0.5) is 0 Å². The molecule has 15 heavy (non-hydrogen) atoms. The summed E-state index contributed by atoms with van der Waals surface area (Å²) in [6.07, 6.45) is 0. The second-order valence-corrected chi connectivity index (χ2v) is 6.24. The molecule has 0 aliphatic rings. The van der Waals surface area contributed by atoms with Gasteiger partial charge in [-0.05, 0) is 26.2 Å². The van der Waals surface area contributed by atoms with Gasteiger partial charge in [-0.3, -0.25) is 0 Å². The van der Waals surface area contributed by atoms with E-state index < -0.39 is 6.87 Å². The summed E-state index contributed by atoms with van der Waals surface area (Å²) in [6.45, 7) is -3.27. The van der Waals surface area contributed by atoms with Gasteiger partial charge in [-0.25, -0.2) is 9.24 Å². The molecule has 0 aromatic heterocycles. The monoisotopic (exact) mass is 249 g/mol. The number of rotatable bonds is 4. The molecule has 1 atom stereocenters. The molecule has 0 aliphatic carbocycles. The van der Waals surface area contributed by atoms with Crippen LogP contribution >= 0.6 is 18.1 Å². The van der Waals surface area contributed by atoms with Crippen LogP contribution in [0.25, 0.3) is 0 Å². The molecule has 0 heterocycles. The molecular weight excluding hydrogens is 237 g/mol. The van der Waals surface area contributed by atoms with Crippen LogP contribution < -0.4 is 9.26 Å². The minimum atomic E-state index is -3.27. The molecule has 0 spiro atoms. The topological polar surface area (TPSA) is 38.8 Å². The van der Waals surface area contributed by atoms with Gasteiger partial charge in [-0.2, -0.15) is 0 Å². The second kappa shape index (κ2) is 4.88. The fourth-order valence-corrected chi connectivity index (χ4v) is 1.65. The van der Waals surface area contributed by atoms with E-state index in [-0.39, 0.29) is 0 Å². The average Bonchev–Trinajstić information content (AvgIpc) is 2.17. The molecule has 1 aromatic rings. The number of hydrogen-bond acceptors (Lipinski definition) is 3. The Hall–Kier alpha value is -0.700. The zero-order valence-corrected chi connectivity index (χ0v) is 10.5. The summed E-state index contributed by atoms with van der Waals surface area (Å²) >= 11 is 5.72. The van der Waals surface area contributed by atoms with Crippen LogP contribution in [0.15, 0.2) is 24.3 Å². The smallest absolute Gasteiger partial charge is 0.411 e. The van der Waals surface area contributed by atoms with Crippen molar-refractivity contribution in [3.05, 3.63) is 24.3 Å². The number of halogens is 1. The van der Waals surface area contributed by atoms with Gasteiger partial charge in [0.15, 0.2) is 0 Å². The number of hydrogen-bond donors (Lipinski definition) is 0. The predicted molar refractivity (Wildman–Crippen MR) is 60.8 cm³/mol. The minimum absolute atomic E-state index is 0.418. The minimum Gasteiger partial charge on any atom is -0.497 e. The Labute approximate surface area is 94.0 Å². The van der Waals surface area contributed by atoms with Crippen molar-refractivity contribution in [2.75, 3.05) is 21.2 Å². The number of benzene rings is 1. The van der Waals surface area contributed by atoms with Crippen molar-refractivity contribution in [1.29, 1.82) is 0 Å². The molecule has 0 aliphatic heterocycles. The number of ether oxygens (including phenoxy) is 1. The first-order valence-corrected chi connectivity index (χ1v) is 6.75. The Morgan fingerprint density at radius 3 is 2.47 bits per heavy atom. The highest BCUT2D eigenvalue weighted by atomic mass is 35.7. The summed E-state index contributed by atoms with van der Waals surface area (Å²) in [7, 11) is 4.73. The van der Waals surface area contributed by atoms with E-state index >= 15 is 0 Å². The molecule has 1 aromatic carbocycles. The molecule has 0 saturated carbocycles. The SMILES string of the molecule is COc1cccc(O[P@](=O)(Cl)N(C)C)c1. The van der Waals surface area contributed by atoms with Gasteiger partial charge >= 0.3 is 6.87 Å². The van der Waals surface area contributed by atoms with Gasteiger partial charge in [0.25, 0.3) is 0 Å². The standard InChI is InChI=1S/C9H13ClNO3P/c1-11(2)15(10,12)14-9-6-4-5-8(7-9)13-3/h4-7H,1-3H3/t15-/m1/s1. The first kappa shape index (κ1) is 12.4. The number of nitrogens with zero attached hydrogens (tertiary/aromatic N) is 1. The van der Waals surface area contributed by atoms with Crippen LogP contribution in [-0.4, -0.2) is 25.9 Å². The van der Waals surface area contributed by atoms with E-state index in [2.05, 4.69) is 0 Å². The highest BCUT2D eigenvalue weighted by molar-refractivity contribution is 7.83. The van der Waals surface area contributed by atoms with Crippen molar-refractivity contribution in [1.82, 2.24) is 4.67 Å². The van der Waals surface area contributed by atoms with E-state index in [1.165, 1.54) is 4.67 Å². The molecule has 0 N–H and O–H groups in total. The molecule has 0 unspecified atom stereocenters. The largest absolute Gasteiger partial charge is 0.497 e. The van der Waals surface area contributed by atoms with E-state index in [1.54, 1.807) is 45.5 Å². The summed E-state index contributed by atoms with van der Waals surface area (Å²) in [4.78, 5) is 0. The molecule has 84 valence electrons. The summed E-state index contributed by atoms with van der Waals surface area (Å²) in [5, 5.41) is 0. The normalized spacial score (nSPS) is 14.7. The van der Waals surface area contributed by atoms with E-state index in [0.717, 1.165) is 0 Å². The summed E-state index contributed by atoms with van der Waals surface area (Å²) in [6, 6.07) is 6.79. The number of methoxy groups -OCH3 is 1. The molecule has 4 nitrogen and oxygen atoms in total. The average molecular weight is 250 g/mol. The van der Waals surface area contributed by atoms with Crippen molar-refractivity contribution in [3.63, 3.8) is 0 Å². The second-order valence-electron chi connectivity index (χ2n) is 3.07. The maximum absolute atomic E-state index is 11.7. The Bertz CT molecular complexity index is 383. The quantitative estimate of drug-likeness (QED) is 0.769. The van der Waals surface area contributed by atoms with Gasteiger partial charge in [-0.15, -0.1) is 0 Å². The highest BCUT2D eigenvalue weighted by Crippen LogP contribution is 2.53. The fraction of sp³-hybridized carbons (Fsp3) is 0.333. The fourth-order valence-electron chi connectivity index (χ4n) is 0.870. The molecule has 0 amide bonds.